The Hall–Kier alpha value is -1.52. The van der Waals surface area contributed by atoms with E-state index in [0.717, 1.165) is 5.56 Å². The highest BCUT2D eigenvalue weighted by atomic mass is 32.2. The van der Waals surface area contributed by atoms with Gasteiger partial charge in [0.1, 0.15) is 5.82 Å². The lowest BCUT2D eigenvalue weighted by Gasteiger charge is -2.10. The Morgan fingerprint density at radius 3 is 2.72 bits per heavy atom. The van der Waals surface area contributed by atoms with E-state index in [1.54, 1.807) is 24.0 Å². The van der Waals surface area contributed by atoms with E-state index in [4.69, 9.17) is 5.73 Å². The van der Waals surface area contributed by atoms with Crippen molar-refractivity contribution in [3.8, 4) is 0 Å². The van der Waals surface area contributed by atoms with E-state index in [1.165, 1.54) is 4.90 Å². The normalized spacial score (nSPS) is 12.3. The van der Waals surface area contributed by atoms with Crippen molar-refractivity contribution in [3.63, 3.8) is 0 Å². The van der Waals surface area contributed by atoms with Crippen molar-refractivity contribution < 1.29 is 5.11 Å². The van der Waals surface area contributed by atoms with Crippen LogP contribution in [0.25, 0.3) is 0 Å². The Kier molecular flexibility index (Phi) is 4.61. The van der Waals surface area contributed by atoms with Crippen molar-refractivity contribution in [1.29, 1.82) is 0 Å². The average Bonchev–Trinajstić information content (AvgIpc) is 2.38. The zero-order chi connectivity index (χ0) is 12.8. The van der Waals surface area contributed by atoms with Gasteiger partial charge in [-0.3, -0.25) is 0 Å². The zero-order valence-electron chi connectivity index (χ0n) is 9.99. The molecule has 3 nitrogen and oxygen atoms in total. The Morgan fingerprint density at radius 2 is 2.00 bits per heavy atom. The standard InChI is InChI=1S/C14H16N2OS/c15-14-9-11(6-7-16-14)8-12(17)10-18-13-4-2-1-3-5-13/h1-7,9,12,17H,8,10H2,(H2,15,16). The van der Waals surface area contributed by atoms with Gasteiger partial charge in [0.2, 0.25) is 0 Å². The molecular weight excluding hydrogens is 244 g/mol. The lowest BCUT2D eigenvalue weighted by atomic mass is 10.1. The quantitative estimate of drug-likeness (QED) is 0.810. The van der Waals surface area contributed by atoms with Crippen molar-refractivity contribution in [2.45, 2.75) is 17.4 Å². The second-order valence-electron chi connectivity index (χ2n) is 4.07. The van der Waals surface area contributed by atoms with Gasteiger partial charge in [-0.2, -0.15) is 0 Å². The number of nitrogens with zero attached hydrogens (tertiary/aromatic N) is 1. The predicted octanol–water partition coefficient (Wildman–Crippen LogP) is 2.36. The number of thioether (sulfide) groups is 1. The maximum atomic E-state index is 9.97. The first kappa shape index (κ1) is 12.9. The van der Waals surface area contributed by atoms with Gasteiger partial charge < -0.3 is 10.8 Å². The molecule has 1 atom stereocenters. The number of aliphatic hydroxyl groups is 1. The van der Waals surface area contributed by atoms with Gasteiger partial charge in [0.05, 0.1) is 6.10 Å². The minimum atomic E-state index is -0.378. The van der Waals surface area contributed by atoms with E-state index < -0.39 is 0 Å². The first-order valence-corrected chi connectivity index (χ1v) is 6.79. The van der Waals surface area contributed by atoms with Gasteiger partial charge in [-0.05, 0) is 36.2 Å². The molecule has 0 aliphatic rings. The molecule has 1 unspecified atom stereocenters. The first-order chi connectivity index (χ1) is 8.74. The van der Waals surface area contributed by atoms with E-state index in [1.807, 2.05) is 36.4 Å². The SMILES string of the molecule is Nc1cc(CC(O)CSc2ccccc2)ccn1. The largest absolute Gasteiger partial charge is 0.392 e. The molecule has 2 rings (SSSR count). The molecule has 0 bridgehead atoms. The minimum Gasteiger partial charge on any atom is -0.392 e. The molecule has 0 radical (unpaired) electrons. The molecule has 2 aromatic rings. The van der Waals surface area contributed by atoms with Crippen LogP contribution in [0.2, 0.25) is 0 Å². The summed E-state index contributed by atoms with van der Waals surface area (Å²) in [5.41, 5.74) is 6.62. The molecule has 0 spiro atoms. The van der Waals surface area contributed by atoms with Crippen LogP contribution in [-0.2, 0) is 6.42 Å². The maximum Gasteiger partial charge on any atom is 0.123 e. The zero-order valence-corrected chi connectivity index (χ0v) is 10.8. The van der Waals surface area contributed by atoms with E-state index in [-0.39, 0.29) is 6.10 Å². The number of nitrogen functional groups attached to an aromatic ring is 1. The Bertz CT molecular complexity index is 490. The Balaban J connectivity index is 1.84. The van der Waals surface area contributed by atoms with Crippen LogP contribution in [0.4, 0.5) is 5.82 Å². The van der Waals surface area contributed by atoms with Gasteiger partial charge >= 0.3 is 0 Å². The summed E-state index contributed by atoms with van der Waals surface area (Å²) in [7, 11) is 0. The van der Waals surface area contributed by atoms with E-state index in [0.29, 0.717) is 18.0 Å². The van der Waals surface area contributed by atoms with Gasteiger partial charge in [0.15, 0.2) is 0 Å². The number of hydrogen-bond donors (Lipinski definition) is 2. The van der Waals surface area contributed by atoms with Crippen LogP contribution in [0.5, 0.6) is 0 Å². The molecule has 0 amide bonds. The number of pyridine rings is 1. The molecular formula is C14H16N2OS. The summed E-state index contributed by atoms with van der Waals surface area (Å²) < 4.78 is 0. The van der Waals surface area contributed by atoms with Crippen LogP contribution in [0.15, 0.2) is 53.6 Å². The molecule has 1 aromatic heterocycles. The fourth-order valence-electron chi connectivity index (χ4n) is 1.66. The van der Waals surface area contributed by atoms with Crippen molar-refractivity contribution in [1.82, 2.24) is 4.98 Å². The number of aliphatic hydroxyl groups excluding tert-OH is 1. The fraction of sp³-hybridized carbons (Fsp3) is 0.214. The highest BCUT2D eigenvalue weighted by Crippen LogP contribution is 2.19. The number of benzene rings is 1. The van der Waals surface area contributed by atoms with Crippen molar-refractivity contribution >= 4 is 17.6 Å². The molecule has 0 saturated carbocycles. The summed E-state index contributed by atoms with van der Waals surface area (Å²) in [4.78, 5) is 5.10. The summed E-state index contributed by atoms with van der Waals surface area (Å²) >= 11 is 1.66. The second-order valence-corrected chi connectivity index (χ2v) is 5.16. The lowest BCUT2D eigenvalue weighted by molar-refractivity contribution is 0.200. The molecule has 0 saturated heterocycles. The Morgan fingerprint density at radius 1 is 1.22 bits per heavy atom. The van der Waals surface area contributed by atoms with Crippen LogP contribution < -0.4 is 5.73 Å². The van der Waals surface area contributed by atoms with Gasteiger partial charge in [-0.15, -0.1) is 11.8 Å². The van der Waals surface area contributed by atoms with Crippen molar-refractivity contribution in [2.75, 3.05) is 11.5 Å². The summed E-state index contributed by atoms with van der Waals surface area (Å²) in [6.07, 6.45) is 1.89. The highest BCUT2D eigenvalue weighted by molar-refractivity contribution is 7.99. The summed E-state index contributed by atoms with van der Waals surface area (Å²) in [6.45, 7) is 0. The molecule has 0 aliphatic heterocycles. The van der Waals surface area contributed by atoms with Crippen LogP contribution in [0.3, 0.4) is 0 Å². The monoisotopic (exact) mass is 260 g/mol. The molecule has 0 fully saturated rings. The summed E-state index contributed by atoms with van der Waals surface area (Å²) in [5, 5.41) is 9.97. The average molecular weight is 260 g/mol. The fourth-order valence-corrected chi connectivity index (χ4v) is 2.51. The molecule has 94 valence electrons. The molecule has 0 aliphatic carbocycles. The topological polar surface area (TPSA) is 59.1 Å². The van der Waals surface area contributed by atoms with Crippen LogP contribution >= 0.6 is 11.8 Å². The predicted molar refractivity (Wildman–Crippen MR) is 75.5 cm³/mol. The third-order valence-corrected chi connectivity index (χ3v) is 3.66. The summed E-state index contributed by atoms with van der Waals surface area (Å²) in [6, 6.07) is 13.8. The van der Waals surface area contributed by atoms with Gasteiger partial charge in [0, 0.05) is 16.8 Å². The molecule has 18 heavy (non-hydrogen) atoms. The minimum absolute atomic E-state index is 0.378. The van der Waals surface area contributed by atoms with Crippen LogP contribution in [-0.4, -0.2) is 21.9 Å². The molecule has 3 N–H and O–H groups in total. The van der Waals surface area contributed by atoms with E-state index >= 15 is 0 Å². The van der Waals surface area contributed by atoms with Gasteiger partial charge in [-0.1, -0.05) is 18.2 Å². The van der Waals surface area contributed by atoms with Gasteiger partial charge in [0.25, 0.3) is 0 Å². The smallest absolute Gasteiger partial charge is 0.123 e. The lowest BCUT2D eigenvalue weighted by Crippen LogP contribution is -2.13. The van der Waals surface area contributed by atoms with Crippen molar-refractivity contribution in [3.05, 3.63) is 54.2 Å². The molecule has 4 heteroatoms. The molecule has 1 aromatic carbocycles. The maximum absolute atomic E-state index is 9.97. The number of hydrogen-bond acceptors (Lipinski definition) is 4. The van der Waals surface area contributed by atoms with Crippen molar-refractivity contribution in [2.24, 2.45) is 0 Å². The number of aromatic nitrogens is 1. The van der Waals surface area contributed by atoms with Crippen LogP contribution in [0.1, 0.15) is 5.56 Å². The molecule has 1 heterocycles. The first-order valence-electron chi connectivity index (χ1n) is 5.80. The third-order valence-electron chi connectivity index (χ3n) is 2.50. The van der Waals surface area contributed by atoms with E-state index in [9.17, 15) is 5.11 Å². The Labute approximate surface area is 111 Å². The van der Waals surface area contributed by atoms with E-state index in [2.05, 4.69) is 4.98 Å². The number of anilines is 1. The second kappa shape index (κ2) is 6.42. The number of nitrogens with two attached hydrogens (primary N) is 1. The third kappa shape index (κ3) is 4.05. The number of rotatable bonds is 5. The van der Waals surface area contributed by atoms with Crippen LogP contribution in [0, 0.1) is 0 Å². The van der Waals surface area contributed by atoms with Gasteiger partial charge in [-0.25, -0.2) is 4.98 Å². The highest BCUT2D eigenvalue weighted by Gasteiger charge is 2.07. The summed E-state index contributed by atoms with van der Waals surface area (Å²) in [5.74, 6) is 1.17.